The average molecular weight is 421 g/mol. The van der Waals surface area contributed by atoms with Gasteiger partial charge in [-0.25, -0.2) is 0 Å². The minimum Gasteiger partial charge on any atom is -0.349 e. The summed E-state index contributed by atoms with van der Waals surface area (Å²) in [4.78, 5) is 25.6. The van der Waals surface area contributed by atoms with E-state index in [0.29, 0.717) is 10.6 Å². The second-order valence-electron chi connectivity index (χ2n) is 7.27. The fraction of sp³-hybridized carbons (Fsp3) is 0.200. The summed E-state index contributed by atoms with van der Waals surface area (Å²) in [6.45, 7) is 3.98. The van der Waals surface area contributed by atoms with Crippen molar-refractivity contribution in [1.29, 1.82) is 0 Å². The van der Waals surface area contributed by atoms with Crippen molar-refractivity contribution in [3.63, 3.8) is 0 Å². The Labute approximate surface area is 182 Å². The molecular formula is C25H25ClN2O2. The predicted octanol–water partition coefficient (Wildman–Crippen LogP) is 5.39. The molecule has 2 N–H and O–H groups in total. The zero-order valence-electron chi connectivity index (χ0n) is 17.1. The molecule has 3 aromatic rings. The lowest BCUT2D eigenvalue weighted by Gasteiger charge is -2.22. The first kappa shape index (κ1) is 21.6. The minimum atomic E-state index is -0.473. The van der Waals surface area contributed by atoms with Crippen molar-refractivity contribution in [3.8, 4) is 0 Å². The molecule has 0 fully saturated rings. The molecule has 154 valence electrons. The number of hydrogen-bond donors (Lipinski definition) is 2. The molecule has 30 heavy (non-hydrogen) atoms. The van der Waals surface area contributed by atoms with Crippen molar-refractivity contribution < 1.29 is 9.59 Å². The third kappa shape index (κ3) is 5.49. The molecule has 3 aromatic carbocycles. The molecule has 0 aliphatic heterocycles. The molecular weight excluding hydrogens is 396 g/mol. The van der Waals surface area contributed by atoms with Crippen LogP contribution in [0.5, 0.6) is 0 Å². The third-order valence-corrected chi connectivity index (χ3v) is 5.38. The van der Waals surface area contributed by atoms with Crippen LogP contribution in [0.25, 0.3) is 0 Å². The highest BCUT2D eigenvalue weighted by molar-refractivity contribution is 6.33. The van der Waals surface area contributed by atoms with Crippen molar-refractivity contribution >= 4 is 23.4 Å². The smallest absolute Gasteiger partial charge is 0.253 e. The first-order chi connectivity index (χ1) is 14.5. The summed E-state index contributed by atoms with van der Waals surface area (Å²) in [5, 5.41) is 6.38. The summed E-state index contributed by atoms with van der Waals surface area (Å²) < 4.78 is 0. The Hall–Kier alpha value is -3.11. The quantitative estimate of drug-likeness (QED) is 0.538. The number of aryl methyl sites for hydroxylation is 1. The Morgan fingerprint density at radius 2 is 1.50 bits per heavy atom. The third-order valence-electron chi connectivity index (χ3n) is 5.05. The molecule has 2 atom stereocenters. The van der Waals surface area contributed by atoms with Gasteiger partial charge in [0.05, 0.1) is 29.1 Å². The first-order valence-electron chi connectivity index (χ1n) is 9.91. The van der Waals surface area contributed by atoms with Gasteiger partial charge in [-0.1, -0.05) is 78.3 Å². The molecule has 0 saturated heterocycles. The van der Waals surface area contributed by atoms with Crippen LogP contribution < -0.4 is 10.6 Å². The second kappa shape index (κ2) is 10.1. The highest BCUT2D eigenvalue weighted by Crippen LogP contribution is 2.22. The largest absolute Gasteiger partial charge is 0.349 e. The fourth-order valence-corrected chi connectivity index (χ4v) is 3.68. The number of carbonyl (C=O) groups excluding carboxylic acids is 2. The van der Waals surface area contributed by atoms with Gasteiger partial charge < -0.3 is 10.6 Å². The second-order valence-corrected chi connectivity index (χ2v) is 7.67. The van der Waals surface area contributed by atoms with E-state index in [2.05, 4.69) is 10.6 Å². The van der Waals surface area contributed by atoms with Crippen LogP contribution in [-0.2, 0) is 4.79 Å². The molecule has 0 saturated carbocycles. The molecule has 3 rings (SSSR count). The number of hydrogen-bond acceptors (Lipinski definition) is 2. The Bertz CT molecular complexity index is 1020. The first-order valence-corrected chi connectivity index (χ1v) is 10.3. The number of carbonyl (C=O) groups is 2. The summed E-state index contributed by atoms with van der Waals surface area (Å²) in [6.07, 6.45) is 0.121. The van der Waals surface area contributed by atoms with E-state index >= 15 is 0 Å². The predicted molar refractivity (Wildman–Crippen MR) is 120 cm³/mol. The minimum absolute atomic E-state index is 0.121. The van der Waals surface area contributed by atoms with Gasteiger partial charge in [-0.15, -0.1) is 0 Å². The van der Waals surface area contributed by atoms with Gasteiger partial charge in [-0.3, -0.25) is 9.59 Å². The molecule has 0 aliphatic carbocycles. The number of benzene rings is 3. The van der Waals surface area contributed by atoms with Gasteiger partial charge >= 0.3 is 0 Å². The van der Waals surface area contributed by atoms with Gasteiger partial charge in [0.2, 0.25) is 5.91 Å². The summed E-state index contributed by atoms with van der Waals surface area (Å²) in [5.74, 6) is -0.451. The molecule has 4 nitrogen and oxygen atoms in total. The summed E-state index contributed by atoms with van der Waals surface area (Å²) in [7, 11) is 0. The normalized spacial score (nSPS) is 12.6. The molecule has 0 radical (unpaired) electrons. The van der Waals surface area contributed by atoms with Crippen molar-refractivity contribution in [2.45, 2.75) is 32.4 Å². The number of amides is 2. The summed E-state index contributed by atoms with van der Waals surface area (Å²) in [5.41, 5.74) is 3.43. The van der Waals surface area contributed by atoms with Crippen LogP contribution in [0.2, 0.25) is 5.02 Å². The van der Waals surface area contributed by atoms with Crippen LogP contribution in [0.1, 0.15) is 52.5 Å². The van der Waals surface area contributed by atoms with Crippen LogP contribution in [-0.4, -0.2) is 11.8 Å². The molecule has 0 heterocycles. The van der Waals surface area contributed by atoms with Crippen LogP contribution in [0, 0.1) is 6.92 Å². The maximum atomic E-state index is 12.8. The van der Waals surface area contributed by atoms with Crippen molar-refractivity contribution in [3.05, 3.63) is 106 Å². The van der Waals surface area contributed by atoms with Crippen LogP contribution in [0.15, 0.2) is 78.9 Å². The van der Waals surface area contributed by atoms with Gasteiger partial charge in [0.1, 0.15) is 0 Å². The zero-order valence-corrected chi connectivity index (χ0v) is 17.8. The highest BCUT2D eigenvalue weighted by Gasteiger charge is 2.21. The number of nitrogens with one attached hydrogen (secondary N) is 2. The Morgan fingerprint density at radius 1 is 0.867 bits per heavy atom. The fourth-order valence-electron chi connectivity index (χ4n) is 3.46. The maximum Gasteiger partial charge on any atom is 0.253 e. The van der Waals surface area contributed by atoms with Crippen LogP contribution >= 0.6 is 11.6 Å². The van der Waals surface area contributed by atoms with Crippen molar-refractivity contribution in [2.24, 2.45) is 0 Å². The van der Waals surface area contributed by atoms with Gasteiger partial charge in [-0.2, -0.15) is 0 Å². The van der Waals surface area contributed by atoms with Gasteiger partial charge in [0.15, 0.2) is 0 Å². The molecule has 0 aromatic heterocycles. The van der Waals surface area contributed by atoms with E-state index in [1.54, 1.807) is 24.3 Å². The van der Waals surface area contributed by atoms with E-state index in [4.69, 9.17) is 11.6 Å². The summed E-state index contributed by atoms with van der Waals surface area (Å²) in [6, 6.07) is 23.7. The van der Waals surface area contributed by atoms with E-state index in [-0.39, 0.29) is 24.3 Å². The van der Waals surface area contributed by atoms with E-state index in [1.165, 1.54) is 0 Å². The zero-order chi connectivity index (χ0) is 21.5. The van der Waals surface area contributed by atoms with Crippen molar-refractivity contribution in [1.82, 2.24) is 10.6 Å². The topological polar surface area (TPSA) is 58.2 Å². The monoisotopic (exact) mass is 420 g/mol. The van der Waals surface area contributed by atoms with Gasteiger partial charge in [0.25, 0.3) is 5.91 Å². The van der Waals surface area contributed by atoms with Gasteiger partial charge in [0, 0.05) is 0 Å². The molecule has 2 unspecified atom stereocenters. The van der Waals surface area contributed by atoms with Crippen LogP contribution in [0.4, 0.5) is 0 Å². The maximum absolute atomic E-state index is 12.8. The Morgan fingerprint density at radius 3 is 2.20 bits per heavy atom. The van der Waals surface area contributed by atoms with E-state index in [9.17, 15) is 9.59 Å². The lowest BCUT2D eigenvalue weighted by atomic mass is 10.0. The molecule has 0 bridgehead atoms. The lowest BCUT2D eigenvalue weighted by Crippen LogP contribution is -2.35. The Balaban J connectivity index is 1.75. The van der Waals surface area contributed by atoms with Gasteiger partial charge in [-0.05, 0) is 42.7 Å². The molecule has 0 spiro atoms. The van der Waals surface area contributed by atoms with E-state index < -0.39 is 6.04 Å². The number of rotatable bonds is 7. The van der Waals surface area contributed by atoms with Crippen molar-refractivity contribution in [2.75, 3.05) is 0 Å². The SMILES string of the molecule is Cc1ccccc1C(C)NC(=O)CC(NC(=O)c1ccccc1Cl)c1ccccc1. The van der Waals surface area contributed by atoms with E-state index in [1.807, 2.05) is 68.4 Å². The average Bonchev–Trinajstić information content (AvgIpc) is 2.74. The van der Waals surface area contributed by atoms with Crippen LogP contribution in [0.3, 0.4) is 0 Å². The summed E-state index contributed by atoms with van der Waals surface area (Å²) >= 11 is 6.17. The molecule has 0 aliphatic rings. The lowest BCUT2D eigenvalue weighted by molar-refractivity contribution is -0.122. The van der Waals surface area contributed by atoms with E-state index in [0.717, 1.165) is 16.7 Å². The standard InChI is InChI=1S/C25H25ClN2O2/c1-17-10-6-7-13-20(17)18(2)27-24(29)16-23(19-11-4-3-5-12-19)28-25(30)21-14-8-9-15-22(21)26/h3-15,18,23H,16H2,1-2H3,(H,27,29)(H,28,30). The number of halogens is 1. The molecule has 2 amide bonds. The Kier molecular flexibility index (Phi) is 7.26. The highest BCUT2D eigenvalue weighted by atomic mass is 35.5. The molecule has 5 heteroatoms.